The molecule has 1 N–H and O–H groups in total. The van der Waals surface area contributed by atoms with Crippen molar-refractivity contribution in [2.24, 2.45) is 22.2 Å². The van der Waals surface area contributed by atoms with Crippen molar-refractivity contribution in [1.82, 2.24) is 0 Å². The number of Topliss-reactive ketones (excluding diaryl/α,β-unsaturated/α-hetero) is 1. The molecule has 0 bridgehead atoms. The van der Waals surface area contributed by atoms with Gasteiger partial charge in [-0.3, -0.25) is 14.4 Å². The third-order valence-electron chi connectivity index (χ3n) is 7.62. The Bertz CT molecular complexity index is 773. The molecule has 0 aromatic carbocycles. The first-order valence-electron chi connectivity index (χ1n) is 9.25. The molecule has 6 nitrogen and oxygen atoms in total. The monoisotopic (exact) mass is 362 g/mol. The number of hydrogen-bond donors (Lipinski definition) is 1. The van der Waals surface area contributed by atoms with Crippen molar-refractivity contribution in [1.29, 1.82) is 0 Å². The lowest BCUT2D eigenvalue weighted by atomic mass is 9.63. The summed E-state index contributed by atoms with van der Waals surface area (Å²) in [5.41, 5.74) is -1.54. The lowest BCUT2D eigenvalue weighted by Crippen LogP contribution is -2.54. The third kappa shape index (κ3) is 1.79. The van der Waals surface area contributed by atoms with Gasteiger partial charge in [0.05, 0.1) is 5.41 Å². The number of ketones is 1. The van der Waals surface area contributed by atoms with E-state index in [2.05, 4.69) is 0 Å². The summed E-state index contributed by atoms with van der Waals surface area (Å²) in [4.78, 5) is 36.6. The second-order valence-electron chi connectivity index (χ2n) is 9.03. The van der Waals surface area contributed by atoms with Gasteiger partial charge < -0.3 is 14.6 Å². The summed E-state index contributed by atoms with van der Waals surface area (Å²) in [5, 5.41) is 11.1. The second kappa shape index (κ2) is 4.77. The average molecular weight is 362 g/mol. The second-order valence-corrected chi connectivity index (χ2v) is 9.03. The molecule has 0 heterocycles. The Labute approximate surface area is 152 Å². The Morgan fingerprint density at radius 2 is 1.81 bits per heavy atom. The van der Waals surface area contributed by atoms with Crippen molar-refractivity contribution >= 4 is 17.7 Å². The smallest absolute Gasteiger partial charge is 0.303 e. The molecule has 0 aromatic heterocycles. The largest absolute Gasteiger partial charge is 0.465 e. The van der Waals surface area contributed by atoms with Crippen molar-refractivity contribution < 1.29 is 29.0 Å². The summed E-state index contributed by atoms with van der Waals surface area (Å²) >= 11 is 0. The van der Waals surface area contributed by atoms with Gasteiger partial charge in [0, 0.05) is 24.7 Å². The highest BCUT2D eigenvalue weighted by atomic mass is 16.6. The molecule has 142 valence electrons. The summed E-state index contributed by atoms with van der Waals surface area (Å²) in [6, 6.07) is 0. The minimum Gasteiger partial charge on any atom is -0.465 e. The first-order valence-corrected chi connectivity index (χ1v) is 9.25. The number of aliphatic hydroxyl groups is 1. The van der Waals surface area contributed by atoms with E-state index in [1.807, 2.05) is 13.8 Å². The van der Waals surface area contributed by atoms with Gasteiger partial charge in [0.25, 0.3) is 0 Å². The Morgan fingerprint density at radius 3 is 2.31 bits per heavy atom. The van der Waals surface area contributed by atoms with Crippen LogP contribution in [-0.4, -0.2) is 41.1 Å². The summed E-state index contributed by atoms with van der Waals surface area (Å²) < 4.78 is 11.0. The molecule has 4 rings (SSSR count). The lowest BCUT2D eigenvalue weighted by Gasteiger charge is -2.43. The van der Waals surface area contributed by atoms with Crippen LogP contribution >= 0.6 is 0 Å². The van der Waals surface area contributed by atoms with Gasteiger partial charge in [-0.25, -0.2) is 0 Å². The van der Waals surface area contributed by atoms with Crippen LogP contribution in [0.3, 0.4) is 0 Å². The summed E-state index contributed by atoms with van der Waals surface area (Å²) in [5.74, 6) is -1.08. The number of carbonyl (C=O) groups excluding carboxylic acids is 3. The molecule has 2 spiro atoms. The van der Waals surface area contributed by atoms with Gasteiger partial charge in [-0.05, 0) is 44.6 Å². The van der Waals surface area contributed by atoms with Crippen molar-refractivity contribution in [2.75, 3.05) is 6.61 Å². The number of hydrogen-bond acceptors (Lipinski definition) is 6. The summed E-state index contributed by atoms with van der Waals surface area (Å²) in [6.07, 6.45) is 1.53. The molecule has 0 aromatic rings. The average Bonchev–Trinajstić information content (AvgIpc) is 3.42. The van der Waals surface area contributed by atoms with Crippen molar-refractivity contribution in [3.63, 3.8) is 0 Å². The van der Waals surface area contributed by atoms with Crippen LogP contribution in [0.4, 0.5) is 0 Å². The number of carbonyl (C=O) groups is 3. The van der Waals surface area contributed by atoms with Crippen LogP contribution in [0.2, 0.25) is 0 Å². The van der Waals surface area contributed by atoms with Gasteiger partial charge >= 0.3 is 11.9 Å². The Kier molecular flexibility index (Phi) is 3.25. The molecule has 26 heavy (non-hydrogen) atoms. The highest BCUT2D eigenvalue weighted by Crippen LogP contribution is 2.81. The number of ether oxygens (including phenoxy) is 2. The fourth-order valence-corrected chi connectivity index (χ4v) is 6.06. The predicted octanol–water partition coefficient (Wildman–Crippen LogP) is 1.94. The molecular weight excluding hydrogens is 336 g/mol. The fraction of sp³-hybridized carbons (Fsp3) is 0.750. The molecule has 3 saturated carbocycles. The zero-order chi connectivity index (χ0) is 19.3. The molecule has 6 heteroatoms. The first kappa shape index (κ1) is 17.7. The van der Waals surface area contributed by atoms with Crippen LogP contribution < -0.4 is 0 Å². The summed E-state index contributed by atoms with van der Waals surface area (Å²) in [7, 11) is 0. The van der Waals surface area contributed by atoms with Gasteiger partial charge in [-0.1, -0.05) is 12.5 Å². The molecule has 0 amide bonds. The van der Waals surface area contributed by atoms with Crippen molar-refractivity contribution in [2.45, 2.75) is 65.6 Å². The van der Waals surface area contributed by atoms with Crippen LogP contribution in [0.25, 0.3) is 0 Å². The first-order chi connectivity index (χ1) is 11.9. The summed E-state index contributed by atoms with van der Waals surface area (Å²) in [6.45, 7) is 8.31. The van der Waals surface area contributed by atoms with Crippen molar-refractivity contribution in [3.05, 3.63) is 11.1 Å². The van der Waals surface area contributed by atoms with Crippen LogP contribution in [0.15, 0.2) is 11.1 Å². The maximum atomic E-state index is 13.4. The van der Waals surface area contributed by atoms with Gasteiger partial charge in [0.1, 0.15) is 18.3 Å². The van der Waals surface area contributed by atoms with Gasteiger partial charge in [0.2, 0.25) is 0 Å². The topological polar surface area (TPSA) is 89.9 Å². The van der Waals surface area contributed by atoms with E-state index in [-0.39, 0.29) is 18.3 Å². The van der Waals surface area contributed by atoms with E-state index >= 15 is 0 Å². The molecule has 3 fully saturated rings. The lowest BCUT2D eigenvalue weighted by molar-refractivity contribution is -0.157. The molecular formula is C20H26O6. The maximum Gasteiger partial charge on any atom is 0.303 e. The molecule has 1 unspecified atom stereocenters. The Balaban J connectivity index is 1.87. The molecule has 0 saturated heterocycles. The number of esters is 2. The quantitative estimate of drug-likeness (QED) is 0.610. The van der Waals surface area contributed by atoms with E-state index in [1.165, 1.54) is 13.8 Å². The molecule has 0 radical (unpaired) electrons. The Morgan fingerprint density at radius 1 is 1.19 bits per heavy atom. The van der Waals surface area contributed by atoms with E-state index in [4.69, 9.17) is 9.47 Å². The number of rotatable bonds is 3. The molecule has 5 atom stereocenters. The standard InChI is InChI=1S/C20H26O6/c1-10-14-15(26-12(3)22)17(4,9-25-11(2)21)13-8-20(13,14)16(23)18(5,24)19(10)6-7-19/h13,15,24H,6-9H2,1-5H3/t13-,15+,17+,18?,20+/m0/s1. The predicted molar refractivity (Wildman–Crippen MR) is 90.8 cm³/mol. The van der Waals surface area contributed by atoms with Crippen molar-refractivity contribution in [3.8, 4) is 0 Å². The van der Waals surface area contributed by atoms with Gasteiger partial charge in [0.15, 0.2) is 5.78 Å². The highest BCUT2D eigenvalue weighted by Gasteiger charge is 2.84. The zero-order valence-corrected chi connectivity index (χ0v) is 16.0. The van der Waals surface area contributed by atoms with E-state index < -0.39 is 39.9 Å². The molecule has 4 aliphatic rings. The SMILES string of the molecule is CC(=O)OC[C@@]1(C)[C@H](OC(C)=O)C2=C(C)C3(CC3)C(C)(O)C(=O)[C@@]23C[C@H]31. The normalized spacial score (nSPS) is 44.5. The molecule has 4 aliphatic carbocycles. The maximum absolute atomic E-state index is 13.4. The van der Waals surface area contributed by atoms with E-state index in [0.717, 1.165) is 24.0 Å². The highest BCUT2D eigenvalue weighted by molar-refractivity contribution is 6.02. The fourth-order valence-electron chi connectivity index (χ4n) is 6.06. The van der Waals surface area contributed by atoms with Gasteiger partial charge in [-0.15, -0.1) is 0 Å². The zero-order valence-electron chi connectivity index (χ0n) is 16.0. The van der Waals surface area contributed by atoms with E-state index in [0.29, 0.717) is 6.42 Å². The van der Waals surface area contributed by atoms with Gasteiger partial charge in [-0.2, -0.15) is 0 Å². The van der Waals surface area contributed by atoms with Crippen LogP contribution in [-0.2, 0) is 23.9 Å². The minimum absolute atomic E-state index is 0.0892. The molecule has 0 aliphatic heterocycles. The van der Waals surface area contributed by atoms with E-state index in [1.54, 1.807) is 6.92 Å². The Hall–Kier alpha value is -1.69. The van der Waals surface area contributed by atoms with Crippen LogP contribution in [0.5, 0.6) is 0 Å². The minimum atomic E-state index is -1.40. The van der Waals surface area contributed by atoms with Crippen LogP contribution in [0, 0.1) is 22.2 Å². The van der Waals surface area contributed by atoms with E-state index in [9.17, 15) is 19.5 Å². The third-order valence-corrected chi connectivity index (χ3v) is 7.62. The van der Waals surface area contributed by atoms with Crippen LogP contribution in [0.1, 0.15) is 53.9 Å².